The summed E-state index contributed by atoms with van der Waals surface area (Å²) >= 11 is 0. The van der Waals surface area contributed by atoms with Crippen molar-refractivity contribution in [3.8, 4) is 5.75 Å². The van der Waals surface area contributed by atoms with Crippen LogP contribution in [-0.4, -0.2) is 44.2 Å². The zero-order valence-electron chi connectivity index (χ0n) is 17.7. The highest BCUT2D eigenvalue weighted by Gasteiger charge is 2.24. The molecular formula is C20H25N3O7S. The molecule has 0 aliphatic carbocycles. The minimum Gasteiger partial charge on any atom is -0.480 e. The van der Waals surface area contributed by atoms with Crippen molar-refractivity contribution in [1.82, 2.24) is 4.98 Å². The van der Waals surface area contributed by atoms with Crippen molar-refractivity contribution in [3.05, 3.63) is 42.2 Å². The second kappa shape index (κ2) is 9.65. The predicted molar refractivity (Wildman–Crippen MR) is 113 cm³/mol. The molecule has 0 amide bonds. The molecular weight excluding hydrogens is 426 g/mol. The Balaban J connectivity index is 2.46. The largest absolute Gasteiger partial charge is 0.480 e. The maximum absolute atomic E-state index is 12.7. The summed E-state index contributed by atoms with van der Waals surface area (Å²) in [5, 5.41) is 0. The molecule has 0 fully saturated rings. The van der Waals surface area contributed by atoms with E-state index in [1.807, 2.05) is 0 Å². The van der Waals surface area contributed by atoms with Gasteiger partial charge >= 0.3 is 11.9 Å². The maximum atomic E-state index is 12.7. The molecule has 2 rings (SSSR count). The first kappa shape index (κ1) is 23.9. The summed E-state index contributed by atoms with van der Waals surface area (Å²) < 4.78 is 43.4. The van der Waals surface area contributed by atoms with E-state index in [4.69, 9.17) is 19.9 Å². The van der Waals surface area contributed by atoms with E-state index in [1.54, 1.807) is 27.7 Å². The summed E-state index contributed by atoms with van der Waals surface area (Å²) in [6.45, 7) is 6.36. The van der Waals surface area contributed by atoms with E-state index in [1.165, 1.54) is 30.5 Å². The number of hydrogen-bond acceptors (Lipinski definition) is 9. The molecule has 10 nitrogen and oxygen atoms in total. The van der Waals surface area contributed by atoms with Crippen LogP contribution in [0.1, 0.15) is 38.1 Å². The van der Waals surface area contributed by atoms with E-state index < -0.39 is 34.2 Å². The van der Waals surface area contributed by atoms with Crippen LogP contribution in [0.3, 0.4) is 0 Å². The van der Waals surface area contributed by atoms with Crippen molar-refractivity contribution in [1.29, 1.82) is 0 Å². The molecule has 0 radical (unpaired) electrons. The molecule has 0 aliphatic heterocycles. The highest BCUT2D eigenvalue weighted by atomic mass is 32.2. The zero-order valence-corrected chi connectivity index (χ0v) is 18.5. The molecule has 0 bridgehead atoms. The van der Waals surface area contributed by atoms with Crippen LogP contribution in [0.2, 0.25) is 0 Å². The number of esters is 2. The van der Waals surface area contributed by atoms with Crippen LogP contribution in [0, 0.1) is 0 Å². The molecule has 1 aromatic heterocycles. The van der Waals surface area contributed by atoms with Gasteiger partial charge in [0.05, 0.1) is 17.9 Å². The first-order valence-electron chi connectivity index (χ1n) is 9.31. The number of nitrogens with zero attached hydrogens (tertiary/aromatic N) is 1. The van der Waals surface area contributed by atoms with E-state index in [2.05, 4.69) is 9.71 Å². The second-order valence-electron chi connectivity index (χ2n) is 7.33. The van der Waals surface area contributed by atoms with Crippen molar-refractivity contribution in [3.63, 3.8) is 0 Å². The van der Waals surface area contributed by atoms with Crippen molar-refractivity contribution in [2.75, 3.05) is 23.7 Å². The van der Waals surface area contributed by atoms with Gasteiger partial charge in [0, 0.05) is 24.1 Å². The number of benzene rings is 1. The quantitative estimate of drug-likeness (QED) is 0.456. The number of nitrogen functional groups attached to an aromatic ring is 1. The van der Waals surface area contributed by atoms with Crippen LogP contribution >= 0.6 is 0 Å². The number of pyridine rings is 1. The maximum Gasteiger partial charge on any atom is 0.344 e. The third-order valence-electron chi connectivity index (χ3n) is 3.61. The fourth-order valence-electron chi connectivity index (χ4n) is 2.35. The highest BCUT2D eigenvalue weighted by molar-refractivity contribution is 7.92. The lowest BCUT2D eigenvalue weighted by molar-refractivity contribution is -0.145. The fraction of sp³-hybridized carbons (Fsp3) is 0.350. The minimum atomic E-state index is -4.08. The van der Waals surface area contributed by atoms with Gasteiger partial charge in [0.25, 0.3) is 10.0 Å². The van der Waals surface area contributed by atoms with E-state index in [9.17, 15) is 18.0 Å². The fourth-order valence-corrected chi connectivity index (χ4v) is 3.38. The van der Waals surface area contributed by atoms with Crippen molar-refractivity contribution >= 4 is 33.3 Å². The van der Waals surface area contributed by atoms with Crippen molar-refractivity contribution < 1.29 is 32.2 Å². The summed E-state index contributed by atoms with van der Waals surface area (Å²) in [6, 6.07) is 5.24. The lowest BCUT2D eigenvalue weighted by Crippen LogP contribution is -2.25. The molecule has 0 aliphatic rings. The first-order chi connectivity index (χ1) is 14.4. The predicted octanol–water partition coefficient (Wildman–Crippen LogP) is 2.36. The van der Waals surface area contributed by atoms with Gasteiger partial charge in [-0.15, -0.1) is 0 Å². The van der Waals surface area contributed by atoms with Gasteiger partial charge in [0.1, 0.15) is 16.2 Å². The summed E-state index contributed by atoms with van der Waals surface area (Å²) in [5.74, 6) is -1.47. The number of anilines is 2. The number of rotatable bonds is 8. The van der Waals surface area contributed by atoms with Gasteiger partial charge in [-0.25, -0.2) is 18.0 Å². The Bertz CT molecular complexity index is 1050. The van der Waals surface area contributed by atoms with Crippen LogP contribution < -0.4 is 15.2 Å². The van der Waals surface area contributed by atoms with Gasteiger partial charge in [-0.05, 0) is 45.9 Å². The Morgan fingerprint density at radius 3 is 2.52 bits per heavy atom. The Morgan fingerprint density at radius 1 is 1.23 bits per heavy atom. The molecule has 1 aromatic carbocycles. The van der Waals surface area contributed by atoms with E-state index in [-0.39, 0.29) is 34.2 Å². The Labute approximate surface area is 180 Å². The number of hydrogen-bond donors (Lipinski definition) is 2. The number of carbonyl (C=O) groups excluding carboxylic acids is 2. The van der Waals surface area contributed by atoms with E-state index in [0.29, 0.717) is 0 Å². The third kappa shape index (κ3) is 6.85. The molecule has 0 saturated carbocycles. The van der Waals surface area contributed by atoms with Crippen LogP contribution in [0.25, 0.3) is 0 Å². The van der Waals surface area contributed by atoms with Gasteiger partial charge in [0.15, 0.2) is 6.61 Å². The average molecular weight is 452 g/mol. The summed E-state index contributed by atoms with van der Waals surface area (Å²) in [5.41, 5.74) is 4.98. The van der Waals surface area contributed by atoms with Crippen molar-refractivity contribution in [2.24, 2.45) is 0 Å². The standard InChI is InChI=1S/C20H25N3O7S/c1-5-28-18(24)12-29-17-10-15(21)14(19(25)30-20(2,3)4)9-16(17)23-31(26,27)13-7-6-8-22-11-13/h6-11,23H,5,12,21H2,1-4H3. The molecule has 0 spiro atoms. The Hall–Kier alpha value is -3.34. The van der Waals surface area contributed by atoms with Gasteiger partial charge in [-0.3, -0.25) is 9.71 Å². The molecule has 3 N–H and O–H groups in total. The first-order valence-corrected chi connectivity index (χ1v) is 10.8. The van der Waals surface area contributed by atoms with Crippen LogP contribution in [0.5, 0.6) is 5.75 Å². The molecule has 2 aromatic rings. The lowest BCUT2D eigenvalue weighted by atomic mass is 10.1. The lowest BCUT2D eigenvalue weighted by Gasteiger charge is -2.21. The second-order valence-corrected chi connectivity index (χ2v) is 9.01. The minimum absolute atomic E-state index is 0.0163. The number of sulfonamides is 1. The monoisotopic (exact) mass is 451 g/mol. The van der Waals surface area contributed by atoms with E-state index >= 15 is 0 Å². The number of nitrogens with one attached hydrogen (secondary N) is 1. The number of carbonyl (C=O) groups is 2. The molecule has 0 saturated heterocycles. The van der Waals surface area contributed by atoms with Gasteiger partial charge < -0.3 is 19.9 Å². The Morgan fingerprint density at radius 2 is 1.94 bits per heavy atom. The number of ether oxygens (including phenoxy) is 3. The van der Waals surface area contributed by atoms with E-state index in [0.717, 1.165) is 6.20 Å². The normalized spacial score (nSPS) is 11.5. The summed E-state index contributed by atoms with van der Waals surface area (Å²) in [4.78, 5) is 27.9. The van der Waals surface area contributed by atoms with Crippen LogP contribution in [0.15, 0.2) is 41.6 Å². The van der Waals surface area contributed by atoms with Gasteiger partial charge in [-0.1, -0.05) is 0 Å². The van der Waals surface area contributed by atoms with Crippen LogP contribution in [0.4, 0.5) is 11.4 Å². The topological polar surface area (TPSA) is 147 Å². The molecule has 0 atom stereocenters. The number of nitrogens with two attached hydrogens (primary N) is 1. The molecule has 0 unspecified atom stereocenters. The summed E-state index contributed by atoms with van der Waals surface area (Å²) in [6.07, 6.45) is 2.59. The van der Waals surface area contributed by atoms with Gasteiger partial charge in [0.2, 0.25) is 0 Å². The Kier molecular flexibility index (Phi) is 7.45. The highest BCUT2D eigenvalue weighted by Crippen LogP contribution is 2.33. The molecule has 1 heterocycles. The van der Waals surface area contributed by atoms with Crippen LogP contribution in [-0.2, 0) is 24.3 Å². The summed E-state index contributed by atoms with van der Waals surface area (Å²) in [7, 11) is -4.08. The van der Waals surface area contributed by atoms with Gasteiger partial charge in [-0.2, -0.15) is 0 Å². The molecule has 31 heavy (non-hydrogen) atoms. The molecule has 168 valence electrons. The SMILES string of the molecule is CCOC(=O)COc1cc(N)c(C(=O)OC(C)(C)C)cc1NS(=O)(=O)c1cccnc1. The number of aromatic nitrogens is 1. The average Bonchev–Trinajstić information content (AvgIpc) is 2.67. The molecule has 11 heteroatoms. The third-order valence-corrected chi connectivity index (χ3v) is 4.96. The zero-order chi connectivity index (χ0) is 23.2. The van der Waals surface area contributed by atoms with Crippen molar-refractivity contribution in [2.45, 2.75) is 38.2 Å². The smallest absolute Gasteiger partial charge is 0.344 e.